The maximum Gasteiger partial charge on any atom is 0.159 e. The maximum absolute atomic E-state index is 13.1. The van der Waals surface area contributed by atoms with Crippen LogP contribution in [-0.4, -0.2) is 6.54 Å². The third-order valence-corrected chi connectivity index (χ3v) is 3.32. The normalized spacial score (nSPS) is 26.4. The zero-order valence-electron chi connectivity index (χ0n) is 9.47. The molecule has 1 aromatic rings. The van der Waals surface area contributed by atoms with Gasteiger partial charge in [0.15, 0.2) is 11.6 Å². The number of hydrogen-bond acceptors (Lipinski definition) is 1. The van der Waals surface area contributed by atoms with Gasteiger partial charge in [0.2, 0.25) is 0 Å². The molecule has 0 saturated carbocycles. The monoisotopic (exact) mass is 225 g/mol. The first kappa shape index (κ1) is 11.5. The Kier molecular flexibility index (Phi) is 3.54. The van der Waals surface area contributed by atoms with E-state index in [0.717, 1.165) is 31.4 Å². The summed E-state index contributed by atoms with van der Waals surface area (Å²) >= 11 is 0. The molecule has 88 valence electrons. The Labute approximate surface area is 94.9 Å². The first-order chi connectivity index (χ1) is 7.66. The molecule has 2 rings (SSSR count). The highest BCUT2D eigenvalue weighted by Gasteiger charge is 2.18. The Bertz CT molecular complexity index is 365. The van der Waals surface area contributed by atoms with E-state index in [1.54, 1.807) is 6.07 Å². The second-order valence-electron chi connectivity index (χ2n) is 4.65. The summed E-state index contributed by atoms with van der Waals surface area (Å²) in [5, 5.41) is 3.39. The summed E-state index contributed by atoms with van der Waals surface area (Å²) in [6.07, 6.45) is 3.28. The Balaban J connectivity index is 2.13. The molecule has 0 radical (unpaired) electrons. The zero-order chi connectivity index (χ0) is 11.5. The Morgan fingerprint density at radius 2 is 1.94 bits per heavy atom. The Hall–Kier alpha value is -0.960. The van der Waals surface area contributed by atoms with Crippen LogP contribution in [0.5, 0.6) is 0 Å². The van der Waals surface area contributed by atoms with Gasteiger partial charge in [-0.3, -0.25) is 0 Å². The van der Waals surface area contributed by atoms with Crippen LogP contribution in [0.1, 0.15) is 37.8 Å². The molecule has 16 heavy (non-hydrogen) atoms. The van der Waals surface area contributed by atoms with E-state index in [-0.39, 0.29) is 6.04 Å². The molecular formula is C13H17F2N. The third kappa shape index (κ3) is 2.59. The average Bonchev–Trinajstić information content (AvgIpc) is 2.47. The SMILES string of the molecule is C[C@@H]1CCN[C@H](c2ccc(F)c(F)c2)CC1. The van der Waals surface area contributed by atoms with Crippen molar-refractivity contribution in [3.63, 3.8) is 0 Å². The van der Waals surface area contributed by atoms with Crippen LogP contribution in [0.4, 0.5) is 8.78 Å². The van der Waals surface area contributed by atoms with Crippen molar-refractivity contribution in [2.75, 3.05) is 6.54 Å². The van der Waals surface area contributed by atoms with Gasteiger partial charge in [-0.05, 0) is 49.4 Å². The van der Waals surface area contributed by atoms with Crippen LogP contribution in [0.15, 0.2) is 18.2 Å². The highest BCUT2D eigenvalue weighted by Crippen LogP contribution is 2.26. The lowest BCUT2D eigenvalue weighted by atomic mass is 9.98. The Morgan fingerprint density at radius 1 is 1.12 bits per heavy atom. The van der Waals surface area contributed by atoms with Crippen molar-refractivity contribution >= 4 is 0 Å². The van der Waals surface area contributed by atoms with E-state index in [4.69, 9.17) is 0 Å². The summed E-state index contributed by atoms with van der Waals surface area (Å²) in [5.41, 5.74) is 0.855. The van der Waals surface area contributed by atoms with Crippen LogP contribution in [-0.2, 0) is 0 Å². The van der Waals surface area contributed by atoms with E-state index in [0.29, 0.717) is 5.92 Å². The molecule has 3 heteroatoms. The average molecular weight is 225 g/mol. The van der Waals surface area contributed by atoms with Crippen LogP contribution in [0, 0.1) is 17.6 Å². The largest absolute Gasteiger partial charge is 0.310 e. The summed E-state index contributed by atoms with van der Waals surface area (Å²) in [4.78, 5) is 0. The first-order valence-electron chi connectivity index (χ1n) is 5.85. The van der Waals surface area contributed by atoms with Crippen molar-refractivity contribution in [1.29, 1.82) is 0 Å². The lowest BCUT2D eigenvalue weighted by molar-refractivity contribution is 0.487. The van der Waals surface area contributed by atoms with Crippen molar-refractivity contribution in [2.45, 2.75) is 32.2 Å². The van der Waals surface area contributed by atoms with E-state index < -0.39 is 11.6 Å². The highest BCUT2D eigenvalue weighted by molar-refractivity contribution is 5.21. The van der Waals surface area contributed by atoms with E-state index in [1.165, 1.54) is 12.1 Å². The molecule has 2 atom stereocenters. The van der Waals surface area contributed by atoms with Crippen LogP contribution in [0.2, 0.25) is 0 Å². The van der Waals surface area contributed by atoms with E-state index >= 15 is 0 Å². The molecule has 1 aliphatic rings. The number of hydrogen-bond donors (Lipinski definition) is 1. The minimum absolute atomic E-state index is 0.167. The highest BCUT2D eigenvalue weighted by atomic mass is 19.2. The van der Waals surface area contributed by atoms with Crippen LogP contribution < -0.4 is 5.32 Å². The van der Waals surface area contributed by atoms with Crippen molar-refractivity contribution < 1.29 is 8.78 Å². The molecule has 0 spiro atoms. The molecule has 0 unspecified atom stereocenters. The molecule has 0 aromatic heterocycles. The van der Waals surface area contributed by atoms with E-state index in [1.807, 2.05) is 0 Å². The van der Waals surface area contributed by atoms with Crippen molar-refractivity contribution in [1.82, 2.24) is 5.32 Å². The topological polar surface area (TPSA) is 12.0 Å². The molecule has 1 N–H and O–H groups in total. The quantitative estimate of drug-likeness (QED) is 0.772. The van der Waals surface area contributed by atoms with Gasteiger partial charge >= 0.3 is 0 Å². The summed E-state index contributed by atoms with van der Waals surface area (Å²) < 4.78 is 25.9. The molecule has 1 fully saturated rings. The molecule has 1 nitrogen and oxygen atoms in total. The Morgan fingerprint density at radius 3 is 2.69 bits per heavy atom. The summed E-state index contributed by atoms with van der Waals surface area (Å²) in [6, 6.07) is 4.36. The van der Waals surface area contributed by atoms with Gasteiger partial charge in [0.25, 0.3) is 0 Å². The van der Waals surface area contributed by atoms with Gasteiger partial charge in [0.05, 0.1) is 0 Å². The van der Waals surface area contributed by atoms with Crippen molar-refractivity contribution in [3.8, 4) is 0 Å². The predicted molar refractivity (Wildman–Crippen MR) is 60.1 cm³/mol. The van der Waals surface area contributed by atoms with Crippen LogP contribution in [0.3, 0.4) is 0 Å². The number of halogens is 2. The fourth-order valence-corrected chi connectivity index (χ4v) is 2.22. The minimum Gasteiger partial charge on any atom is -0.310 e. The third-order valence-electron chi connectivity index (χ3n) is 3.32. The maximum atomic E-state index is 13.1. The zero-order valence-corrected chi connectivity index (χ0v) is 9.47. The fourth-order valence-electron chi connectivity index (χ4n) is 2.22. The summed E-state index contributed by atoms with van der Waals surface area (Å²) in [6.45, 7) is 3.18. The minimum atomic E-state index is -0.772. The number of nitrogens with one attached hydrogen (secondary N) is 1. The van der Waals surface area contributed by atoms with Gasteiger partial charge in [-0.2, -0.15) is 0 Å². The second-order valence-corrected chi connectivity index (χ2v) is 4.65. The summed E-state index contributed by atoms with van der Waals surface area (Å²) in [5.74, 6) is -0.815. The fraction of sp³-hybridized carbons (Fsp3) is 0.538. The van der Waals surface area contributed by atoms with Crippen LogP contribution in [0.25, 0.3) is 0 Å². The van der Waals surface area contributed by atoms with Gasteiger partial charge in [-0.1, -0.05) is 13.0 Å². The van der Waals surface area contributed by atoms with Gasteiger partial charge in [0, 0.05) is 6.04 Å². The molecule has 0 amide bonds. The predicted octanol–water partition coefficient (Wildman–Crippen LogP) is 3.42. The molecule has 1 saturated heterocycles. The van der Waals surface area contributed by atoms with Crippen molar-refractivity contribution in [3.05, 3.63) is 35.4 Å². The van der Waals surface area contributed by atoms with E-state index in [9.17, 15) is 8.78 Å². The van der Waals surface area contributed by atoms with Gasteiger partial charge in [-0.15, -0.1) is 0 Å². The molecule has 1 heterocycles. The number of rotatable bonds is 1. The smallest absolute Gasteiger partial charge is 0.159 e. The lowest BCUT2D eigenvalue weighted by Gasteiger charge is -2.16. The van der Waals surface area contributed by atoms with E-state index in [2.05, 4.69) is 12.2 Å². The number of benzene rings is 1. The van der Waals surface area contributed by atoms with Gasteiger partial charge in [-0.25, -0.2) is 8.78 Å². The molecular weight excluding hydrogens is 208 g/mol. The van der Waals surface area contributed by atoms with Gasteiger partial charge < -0.3 is 5.32 Å². The molecule has 0 bridgehead atoms. The summed E-state index contributed by atoms with van der Waals surface area (Å²) in [7, 11) is 0. The second kappa shape index (κ2) is 4.91. The standard InChI is InChI=1S/C13H17F2N/c1-9-2-5-13(16-7-6-9)10-3-4-11(14)12(15)8-10/h3-4,8-9,13,16H,2,5-7H2,1H3/t9-,13-/m0/s1. The molecule has 1 aliphatic heterocycles. The van der Waals surface area contributed by atoms with Crippen molar-refractivity contribution in [2.24, 2.45) is 5.92 Å². The first-order valence-corrected chi connectivity index (χ1v) is 5.85. The lowest BCUT2D eigenvalue weighted by Crippen LogP contribution is -2.20. The van der Waals surface area contributed by atoms with Crippen LogP contribution >= 0.6 is 0 Å². The molecule has 0 aliphatic carbocycles. The van der Waals surface area contributed by atoms with Gasteiger partial charge in [0.1, 0.15) is 0 Å². The molecule has 1 aromatic carbocycles.